The second kappa shape index (κ2) is 5.99. The minimum absolute atomic E-state index is 0.0947. The third-order valence-electron chi connectivity index (χ3n) is 2.71. The molecule has 0 saturated heterocycles. The Bertz CT molecular complexity index is 549. The van der Waals surface area contributed by atoms with Gasteiger partial charge in [0, 0.05) is 12.7 Å². The predicted octanol–water partition coefficient (Wildman–Crippen LogP) is 1.16. The maximum Gasteiger partial charge on any atom is 0.309 e. The van der Waals surface area contributed by atoms with Crippen molar-refractivity contribution in [3.05, 3.63) is 41.7 Å². The number of benzene rings is 1. The van der Waals surface area contributed by atoms with Gasteiger partial charge in [0.05, 0.1) is 19.2 Å². The van der Waals surface area contributed by atoms with Crippen molar-refractivity contribution in [3.8, 4) is 5.75 Å². The van der Waals surface area contributed by atoms with Crippen LogP contribution >= 0.6 is 0 Å². The van der Waals surface area contributed by atoms with E-state index in [-0.39, 0.29) is 6.42 Å². The molecule has 2 rings (SSSR count). The highest BCUT2D eigenvalue weighted by molar-refractivity contribution is 5.69. The highest BCUT2D eigenvalue weighted by Crippen LogP contribution is 2.12. The number of aromatic nitrogens is 3. The van der Waals surface area contributed by atoms with E-state index in [9.17, 15) is 4.79 Å². The van der Waals surface area contributed by atoms with E-state index in [2.05, 4.69) is 10.3 Å². The van der Waals surface area contributed by atoms with Crippen LogP contribution < -0.4 is 4.74 Å². The average Bonchev–Trinajstić information content (AvgIpc) is 2.84. The van der Waals surface area contributed by atoms with Gasteiger partial charge in [0.15, 0.2) is 0 Å². The molecule has 0 aliphatic heterocycles. The number of nitrogens with zero attached hydrogens (tertiary/aromatic N) is 3. The normalized spacial score (nSPS) is 10.4. The first kappa shape index (κ1) is 13.1. The molecule has 0 fully saturated rings. The Hall–Kier alpha value is -2.37. The summed E-state index contributed by atoms with van der Waals surface area (Å²) in [5.74, 6) is -0.0737. The summed E-state index contributed by atoms with van der Waals surface area (Å²) in [6.07, 6.45) is 2.38. The standard InChI is InChI=1S/C13H15N3O3/c1-19-12-4-2-10(3-5-12)6-7-16-9-11(14-15-16)8-13(17)18/h2-5,9H,6-8H2,1H3,(H,17,18). The number of hydrogen-bond donors (Lipinski definition) is 1. The molecule has 0 aliphatic rings. The number of carboxylic acids is 1. The minimum Gasteiger partial charge on any atom is -0.497 e. The number of methoxy groups -OCH3 is 1. The largest absolute Gasteiger partial charge is 0.497 e. The summed E-state index contributed by atoms with van der Waals surface area (Å²) in [7, 11) is 1.63. The van der Waals surface area contributed by atoms with Crippen LogP contribution in [0.2, 0.25) is 0 Å². The first-order valence-electron chi connectivity index (χ1n) is 5.91. The number of aryl methyl sites for hydroxylation is 2. The number of aliphatic carboxylic acids is 1. The topological polar surface area (TPSA) is 77.2 Å². The second-order valence-electron chi connectivity index (χ2n) is 4.14. The molecule has 1 aromatic carbocycles. The van der Waals surface area contributed by atoms with Crippen molar-refractivity contribution >= 4 is 5.97 Å². The Labute approximate surface area is 110 Å². The van der Waals surface area contributed by atoms with Crippen molar-refractivity contribution in [2.24, 2.45) is 0 Å². The fourth-order valence-electron chi connectivity index (χ4n) is 1.72. The molecule has 1 aromatic heterocycles. The smallest absolute Gasteiger partial charge is 0.309 e. The van der Waals surface area contributed by atoms with Crippen molar-refractivity contribution < 1.29 is 14.6 Å². The SMILES string of the molecule is COc1ccc(CCn2cc(CC(=O)O)nn2)cc1. The monoisotopic (exact) mass is 261 g/mol. The quantitative estimate of drug-likeness (QED) is 0.844. The van der Waals surface area contributed by atoms with E-state index in [0.717, 1.165) is 17.7 Å². The van der Waals surface area contributed by atoms with Gasteiger partial charge in [-0.2, -0.15) is 0 Å². The molecule has 6 heteroatoms. The van der Waals surface area contributed by atoms with Crippen LogP contribution in [0.5, 0.6) is 5.75 Å². The predicted molar refractivity (Wildman–Crippen MR) is 68.1 cm³/mol. The zero-order valence-electron chi connectivity index (χ0n) is 10.6. The lowest BCUT2D eigenvalue weighted by Crippen LogP contribution is -2.02. The summed E-state index contributed by atoms with van der Waals surface area (Å²) in [5.41, 5.74) is 1.64. The van der Waals surface area contributed by atoms with E-state index in [0.29, 0.717) is 12.2 Å². The molecule has 0 bridgehead atoms. The first-order chi connectivity index (χ1) is 9.17. The van der Waals surface area contributed by atoms with Crippen molar-refractivity contribution in [1.29, 1.82) is 0 Å². The van der Waals surface area contributed by atoms with Gasteiger partial charge in [-0.25, -0.2) is 0 Å². The maximum absolute atomic E-state index is 10.5. The number of carboxylic acid groups (broad SMARTS) is 1. The zero-order valence-corrected chi connectivity index (χ0v) is 10.6. The first-order valence-corrected chi connectivity index (χ1v) is 5.91. The summed E-state index contributed by atoms with van der Waals surface area (Å²) < 4.78 is 6.74. The molecular formula is C13H15N3O3. The van der Waals surface area contributed by atoms with Gasteiger partial charge in [-0.3, -0.25) is 9.48 Å². The Balaban J connectivity index is 1.90. The molecule has 0 amide bonds. The van der Waals surface area contributed by atoms with Crippen molar-refractivity contribution in [2.45, 2.75) is 19.4 Å². The fourth-order valence-corrected chi connectivity index (χ4v) is 1.72. The molecule has 1 heterocycles. The highest BCUT2D eigenvalue weighted by atomic mass is 16.5. The molecule has 100 valence electrons. The third-order valence-corrected chi connectivity index (χ3v) is 2.71. The van der Waals surface area contributed by atoms with Crippen molar-refractivity contribution in [3.63, 3.8) is 0 Å². The fraction of sp³-hybridized carbons (Fsp3) is 0.308. The summed E-state index contributed by atoms with van der Waals surface area (Å²) in [5, 5.41) is 16.3. The molecule has 0 atom stereocenters. The molecule has 1 N–H and O–H groups in total. The zero-order chi connectivity index (χ0) is 13.7. The van der Waals surface area contributed by atoms with Crippen LogP contribution in [0.15, 0.2) is 30.5 Å². The number of hydrogen-bond acceptors (Lipinski definition) is 4. The number of ether oxygens (including phenoxy) is 1. The van der Waals surface area contributed by atoms with Gasteiger partial charge in [0.2, 0.25) is 0 Å². The van der Waals surface area contributed by atoms with Gasteiger partial charge in [-0.05, 0) is 24.1 Å². The van der Waals surface area contributed by atoms with E-state index in [1.54, 1.807) is 18.0 Å². The van der Waals surface area contributed by atoms with E-state index in [4.69, 9.17) is 9.84 Å². The van der Waals surface area contributed by atoms with Crippen molar-refractivity contribution in [2.75, 3.05) is 7.11 Å². The van der Waals surface area contributed by atoms with Crippen molar-refractivity contribution in [1.82, 2.24) is 15.0 Å². The minimum atomic E-state index is -0.901. The Morgan fingerprint density at radius 2 is 2.11 bits per heavy atom. The van der Waals surface area contributed by atoms with E-state index < -0.39 is 5.97 Å². The molecule has 0 saturated carbocycles. The summed E-state index contributed by atoms with van der Waals surface area (Å²) >= 11 is 0. The Morgan fingerprint density at radius 3 is 2.74 bits per heavy atom. The van der Waals surface area contributed by atoms with Gasteiger partial charge in [-0.1, -0.05) is 17.3 Å². The molecule has 0 unspecified atom stereocenters. The lowest BCUT2D eigenvalue weighted by atomic mass is 10.1. The number of rotatable bonds is 6. The molecule has 0 aliphatic carbocycles. The van der Waals surface area contributed by atoms with Gasteiger partial charge < -0.3 is 9.84 Å². The van der Waals surface area contributed by atoms with Gasteiger partial charge in [0.25, 0.3) is 0 Å². The summed E-state index contributed by atoms with van der Waals surface area (Å²) in [6.45, 7) is 0.666. The van der Waals surface area contributed by atoms with Gasteiger partial charge >= 0.3 is 5.97 Å². The van der Waals surface area contributed by atoms with Crippen LogP contribution in [0.3, 0.4) is 0 Å². The Morgan fingerprint density at radius 1 is 1.37 bits per heavy atom. The van der Waals surface area contributed by atoms with Crippen LogP contribution in [-0.2, 0) is 24.2 Å². The molecule has 0 spiro atoms. The third kappa shape index (κ3) is 3.80. The lowest BCUT2D eigenvalue weighted by molar-refractivity contribution is -0.136. The Kier molecular flexibility index (Phi) is 4.12. The van der Waals surface area contributed by atoms with E-state index in [1.807, 2.05) is 24.3 Å². The molecule has 2 aromatic rings. The van der Waals surface area contributed by atoms with E-state index in [1.165, 1.54) is 0 Å². The van der Waals surface area contributed by atoms with Gasteiger partial charge in [-0.15, -0.1) is 5.10 Å². The summed E-state index contributed by atoms with van der Waals surface area (Å²) in [4.78, 5) is 10.5. The van der Waals surface area contributed by atoms with Crippen LogP contribution in [0.4, 0.5) is 0 Å². The van der Waals surface area contributed by atoms with Crippen LogP contribution in [0.1, 0.15) is 11.3 Å². The lowest BCUT2D eigenvalue weighted by Gasteiger charge is -2.03. The van der Waals surface area contributed by atoms with E-state index >= 15 is 0 Å². The molecule has 0 radical (unpaired) electrons. The molecule has 6 nitrogen and oxygen atoms in total. The second-order valence-corrected chi connectivity index (χ2v) is 4.14. The molecular weight excluding hydrogens is 246 g/mol. The van der Waals surface area contributed by atoms with Gasteiger partial charge in [0.1, 0.15) is 5.75 Å². The molecule has 19 heavy (non-hydrogen) atoms. The maximum atomic E-state index is 10.5. The van der Waals surface area contributed by atoms with Crippen LogP contribution in [0, 0.1) is 0 Å². The van der Waals surface area contributed by atoms with Crippen LogP contribution in [0.25, 0.3) is 0 Å². The van der Waals surface area contributed by atoms with Crippen LogP contribution in [-0.4, -0.2) is 33.2 Å². The highest BCUT2D eigenvalue weighted by Gasteiger charge is 2.05. The summed E-state index contributed by atoms with van der Waals surface area (Å²) in [6, 6.07) is 7.81. The number of carbonyl (C=O) groups is 1. The average molecular weight is 261 g/mol.